The molecule has 0 bridgehead atoms. The maximum absolute atomic E-state index is 5.48. The molecule has 25 heavy (non-hydrogen) atoms. The van der Waals surface area contributed by atoms with Crippen molar-refractivity contribution >= 4 is 23.0 Å². The van der Waals surface area contributed by atoms with Gasteiger partial charge in [-0.15, -0.1) is 0 Å². The molecule has 6 heteroatoms. The Morgan fingerprint density at radius 1 is 1.08 bits per heavy atom. The van der Waals surface area contributed by atoms with E-state index in [1.165, 1.54) is 5.56 Å². The first kappa shape index (κ1) is 17.5. The molecule has 0 amide bonds. The van der Waals surface area contributed by atoms with Gasteiger partial charge in [-0.1, -0.05) is 36.4 Å². The molecule has 1 fully saturated rings. The number of hydrogen-bond donors (Lipinski definition) is 1. The zero-order valence-electron chi connectivity index (χ0n) is 14.4. The number of nitrogens with one attached hydrogen (secondary N) is 1. The molecule has 0 aliphatic carbocycles. The predicted molar refractivity (Wildman–Crippen MR) is 105 cm³/mol. The third-order valence-corrected chi connectivity index (χ3v) is 4.61. The van der Waals surface area contributed by atoms with Gasteiger partial charge in [0, 0.05) is 38.9 Å². The number of piperazine rings is 1. The molecule has 0 saturated carbocycles. The van der Waals surface area contributed by atoms with Gasteiger partial charge in [0.05, 0.1) is 11.4 Å². The van der Waals surface area contributed by atoms with Crippen LogP contribution in [-0.2, 0) is 6.54 Å². The molecule has 1 aliphatic heterocycles. The Morgan fingerprint density at radius 3 is 2.48 bits per heavy atom. The van der Waals surface area contributed by atoms with Crippen molar-refractivity contribution < 1.29 is 0 Å². The maximum Gasteiger partial charge on any atom is 0.189 e. The van der Waals surface area contributed by atoms with Crippen LogP contribution in [0.1, 0.15) is 18.2 Å². The quantitative estimate of drug-likeness (QED) is 0.520. The van der Waals surface area contributed by atoms with Crippen LogP contribution in [0, 0.1) is 0 Å². The van der Waals surface area contributed by atoms with Crippen LogP contribution in [0.2, 0.25) is 0 Å². The minimum atomic E-state index is 0.676. The predicted octanol–water partition coefficient (Wildman–Crippen LogP) is 2.50. The molecule has 2 heterocycles. The van der Waals surface area contributed by atoms with Crippen LogP contribution in [-0.4, -0.2) is 51.8 Å². The summed E-state index contributed by atoms with van der Waals surface area (Å²) in [4.78, 5) is 8.91. The lowest BCUT2D eigenvalue weighted by Crippen LogP contribution is -2.50. The molecule has 0 unspecified atom stereocenters. The zero-order valence-corrected chi connectivity index (χ0v) is 15.2. The second-order valence-corrected chi connectivity index (χ2v) is 6.46. The molecule has 0 spiro atoms. The number of aromatic nitrogens is 1. The van der Waals surface area contributed by atoms with Gasteiger partial charge in [0.25, 0.3) is 0 Å². The fraction of sp³-hybridized carbons (Fsp3) is 0.316. The lowest BCUT2D eigenvalue weighted by Gasteiger charge is -2.35. The second kappa shape index (κ2) is 8.69. The molecular weight excluding hydrogens is 330 g/mol. The highest BCUT2D eigenvalue weighted by Crippen LogP contribution is 2.08. The van der Waals surface area contributed by atoms with Crippen LogP contribution in [0.4, 0.5) is 0 Å². The summed E-state index contributed by atoms with van der Waals surface area (Å²) in [5, 5.41) is 5.04. The molecule has 1 aromatic heterocycles. The second-order valence-electron chi connectivity index (χ2n) is 6.08. The first-order chi connectivity index (χ1) is 12.2. The number of hydrazone groups is 1. The molecule has 130 valence electrons. The summed E-state index contributed by atoms with van der Waals surface area (Å²) in [6, 6.07) is 16.4. The summed E-state index contributed by atoms with van der Waals surface area (Å²) in [5.74, 6) is 0. The van der Waals surface area contributed by atoms with Crippen molar-refractivity contribution in [2.24, 2.45) is 5.10 Å². The average Bonchev–Trinajstić information content (AvgIpc) is 2.68. The van der Waals surface area contributed by atoms with Crippen molar-refractivity contribution in [2.45, 2.75) is 13.5 Å². The molecule has 3 rings (SSSR count). The Bertz CT molecular complexity index is 709. The molecule has 0 radical (unpaired) electrons. The van der Waals surface area contributed by atoms with Gasteiger partial charge >= 0.3 is 0 Å². The summed E-state index contributed by atoms with van der Waals surface area (Å²) in [7, 11) is 0. The molecule has 5 nitrogen and oxygen atoms in total. The van der Waals surface area contributed by atoms with Crippen molar-refractivity contribution in [3.63, 3.8) is 0 Å². The van der Waals surface area contributed by atoms with E-state index in [4.69, 9.17) is 12.2 Å². The lowest BCUT2D eigenvalue weighted by atomic mass is 10.2. The van der Waals surface area contributed by atoms with Crippen LogP contribution >= 0.6 is 12.2 Å². The molecule has 1 saturated heterocycles. The number of thiocarbonyl (C=S) groups is 1. The number of nitrogens with zero attached hydrogens (tertiary/aromatic N) is 4. The largest absolute Gasteiger partial charge is 0.345 e. The summed E-state index contributed by atoms with van der Waals surface area (Å²) >= 11 is 5.48. The van der Waals surface area contributed by atoms with Crippen molar-refractivity contribution in [3.05, 3.63) is 66.0 Å². The van der Waals surface area contributed by atoms with Gasteiger partial charge in [0.2, 0.25) is 0 Å². The van der Waals surface area contributed by atoms with Crippen LogP contribution in [0.15, 0.2) is 59.8 Å². The summed E-state index contributed by atoms with van der Waals surface area (Å²) in [6.07, 6.45) is 1.76. The Kier molecular flexibility index (Phi) is 6.09. The van der Waals surface area contributed by atoms with Gasteiger partial charge in [-0.2, -0.15) is 5.10 Å². The maximum atomic E-state index is 5.48. The number of pyridine rings is 1. The molecule has 0 atom stereocenters. The Balaban J connectivity index is 1.47. The highest BCUT2D eigenvalue weighted by Gasteiger charge is 2.18. The molecular formula is C19H23N5S. The van der Waals surface area contributed by atoms with Gasteiger partial charge in [0.15, 0.2) is 5.11 Å². The average molecular weight is 353 g/mol. The third kappa shape index (κ3) is 5.08. The smallest absolute Gasteiger partial charge is 0.189 e. The summed E-state index contributed by atoms with van der Waals surface area (Å²) in [5.41, 5.74) is 6.03. The van der Waals surface area contributed by atoms with E-state index >= 15 is 0 Å². The number of hydrogen-bond acceptors (Lipinski definition) is 4. The minimum absolute atomic E-state index is 0.676. The normalized spacial score (nSPS) is 15.9. The van der Waals surface area contributed by atoms with Gasteiger partial charge in [-0.25, -0.2) is 0 Å². The standard InChI is InChI=1S/C19H23N5S/c1-16(18-9-5-6-10-20-18)21-22-19(25)24-13-11-23(12-14-24)15-17-7-3-2-4-8-17/h2-10H,11-15H2,1H3,(H,22,25)/b21-16-. The Hall–Kier alpha value is -2.31. The van der Waals surface area contributed by atoms with Crippen molar-refractivity contribution in [1.29, 1.82) is 0 Å². The van der Waals surface area contributed by atoms with E-state index in [-0.39, 0.29) is 0 Å². The van der Waals surface area contributed by atoms with Crippen molar-refractivity contribution in [3.8, 4) is 0 Å². The van der Waals surface area contributed by atoms with E-state index in [9.17, 15) is 0 Å². The fourth-order valence-corrected chi connectivity index (χ4v) is 3.02. The van der Waals surface area contributed by atoms with Crippen LogP contribution in [0.25, 0.3) is 0 Å². The van der Waals surface area contributed by atoms with E-state index in [1.54, 1.807) is 6.20 Å². The van der Waals surface area contributed by atoms with Crippen LogP contribution in [0.3, 0.4) is 0 Å². The van der Waals surface area contributed by atoms with Crippen molar-refractivity contribution in [2.75, 3.05) is 26.2 Å². The lowest BCUT2D eigenvalue weighted by molar-refractivity contribution is 0.174. The zero-order chi connectivity index (χ0) is 17.5. The summed E-state index contributed by atoms with van der Waals surface area (Å²) in [6.45, 7) is 6.74. The van der Waals surface area contributed by atoms with Crippen molar-refractivity contribution in [1.82, 2.24) is 20.2 Å². The fourth-order valence-electron chi connectivity index (χ4n) is 2.79. The van der Waals surface area contributed by atoms with E-state index in [0.717, 1.165) is 44.1 Å². The highest BCUT2D eigenvalue weighted by atomic mass is 32.1. The first-order valence-corrected chi connectivity index (χ1v) is 8.90. The monoisotopic (exact) mass is 353 g/mol. The first-order valence-electron chi connectivity index (χ1n) is 8.49. The Morgan fingerprint density at radius 2 is 1.80 bits per heavy atom. The van der Waals surface area contributed by atoms with Gasteiger partial charge < -0.3 is 4.90 Å². The number of rotatable bonds is 4. The van der Waals surface area contributed by atoms with Gasteiger partial charge in [-0.05, 0) is 36.8 Å². The number of benzene rings is 1. The van der Waals surface area contributed by atoms with E-state index < -0.39 is 0 Å². The SMILES string of the molecule is C/C(=N/NC(=S)N1CCN(Cc2ccccc2)CC1)c1ccccn1. The van der Waals surface area contributed by atoms with E-state index in [0.29, 0.717) is 5.11 Å². The topological polar surface area (TPSA) is 43.8 Å². The molecule has 1 aliphatic rings. The third-order valence-electron chi connectivity index (χ3n) is 4.26. The van der Waals surface area contributed by atoms with E-state index in [2.05, 4.69) is 55.6 Å². The van der Waals surface area contributed by atoms with Gasteiger partial charge in [0.1, 0.15) is 0 Å². The highest BCUT2D eigenvalue weighted by molar-refractivity contribution is 7.80. The minimum Gasteiger partial charge on any atom is -0.345 e. The van der Waals surface area contributed by atoms with Gasteiger partial charge in [-0.3, -0.25) is 15.3 Å². The molecule has 2 aromatic rings. The summed E-state index contributed by atoms with van der Waals surface area (Å²) < 4.78 is 0. The molecule has 1 N–H and O–H groups in total. The van der Waals surface area contributed by atoms with Crippen LogP contribution in [0.5, 0.6) is 0 Å². The molecule has 1 aromatic carbocycles. The van der Waals surface area contributed by atoms with Crippen LogP contribution < -0.4 is 5.43 Å². The van der Waals surface area contributed by atoms with E-state index in [1.807, 2.05) is 25.1 Å². The Labute approximate surface area is 154 Å².